The molecule has 0 radical (unpaired) electrons. The number of carbonyl (C=O) groups excluding carboxylic acids is 2. The fraction of sp³-hybridized carbons (Fsp3) is 0.667. The molecule has 2 aliphatic rings. The van der Waals surface area contributed by atoms with Crippen LogP contribution in [-0.2, 0) is 15.1 Å². The van der Waals surface area contributed by atoms with Crippen molar-refractivity contribution in [1.82, 2.24) is 20.1 Å². The van der Waals surface area contributed by atoms with E-state index >= 15 is 0 Å². The Balaban J connectivity index is 1.66. The first kappa shape index (κ1) is 22.6. The van der Waals surface area contributed by atoms with E-state index in [1.165, 1.54) is 38.1 Å². The second-order valence-corrected chi connectivity index (χ2v) is 9.16. The van der Waals surface area contributed by atoms with E-state index in [1.54, 1.807) is 13.8 Å². The molecule has 1 amide bonds. The lowest BCUT2D eigenvalue weighted by molar-refractivity contribution is -0.151. The summed E-state index contributed by atoms with van der Waals surface area (Å²) in [5.74, 6) is -0.477. The van der Waals surface area contributed by atoms with Crippen LogP contribution in [0.15, 0.2) is 22.9 Å². The molecular formula is C24H34N4O4. The first-order valence-electron chi connectivity index (χ1n) is 12.0. The summed E-state index contributed by atoms with van der Waals surface area (Å²) < 4.78 is 12.6. The third-order valence-electron chi connectivity index (χ3n) is 6.84. The molecule has 2 saturated carbocycles. The number of rotatable bonds is 7. The SMILES string of the molecule is CCOC(=O)C(C)(NC(=O)c1cc(C2CCCCC2)nn1C1CCCCC1)c1ncco1. The number of ether oxygens (including phenoxy) is 1. The van der Waals surface area contributed by atoms with Gasteiger partial charge in [-0.25, -0.2) is 9.78 Å². The van der Waals surface area contributed by atoms with Gasteiger partial charge >= 0.3 is 5.97 Å². The van der Waals surface area contributed by atoms with E-state index in [9.17, 15) is 9.59 Å². The van der Waals surface area contributed by atoms with Crippen LogP contribution in [0.3, 0.4) is 0 Å². The van der Waals surface area contributed by atoms with Crippen molar-refractivity contribution in [3.63, 3.8) is 0 Å². The smallest absolute Gasteiger partial charge is 0.341 e. The Bertz CT molecular complexity index is 911. The van der Waals surface area contributed by atoms with Crippen LogP contribution in [0.1, 0.15) is 112 Å². The average Bonchev–Trinajstić information content (AvgIpc) is 3.51. The molecule has 2 aromatic rings. The predicted octanol–water partition coefficient (Wildman–Crippen LogP) is 4.63. The van der Waals surface area contributed by atoms with Gasteiger partial charge < -0.3 is 14.5 Å². The zero-order chi connectivity index (χ0) is 22.6. The zero-order valence-corrected chi connectivity index (χ0v) is 19.1. The van der Waals surface area contributed by atoms with Gasteiger partial charge in [-0.15, -0.1) is 0 Å². The van der Waals surface area contributed by atoms with Gasteiger partial charge in [-0.2, -0.15) is 5.10 Å². The van der Waals surface area contributed by atoms with Crippen molar-refractivity contribution >= 4 is 11.9 Å². The highest BCUT2D eigenvalue weighted by Crippen LogP contribution is 2.35. The highest BCUT2D eigenvalue weighted by atomic mass is 16.5. The Hall–Kier alpha value is -2.64. The molecule has 1 atom stereocenters. The molecule has 0 bridgehead atoms. The Morgan fingerprint density at radius 1 is 1.16 bits per heavy atom. The predicted molar refractivity (Wildman–Crippen MR) is 118 cm³/mol. The van der Waals surface area contributed by atoms with Gasteiger partial charge in [0, 0.05) is 5.92 Å². The quantitative estimate of drug-likeness (QED) is 0.628. The second kappa shape index (κ2) is 9.88. The van der Waals surface area contributed by atoms with Gasteiger partial charge in [-0.05, 0) is 45.6 Å². The van der Waals surface area contributed by atoms with Gasteiger partial charge in [0.15, 0.2) is 0 Å². The fourth-order valence-corrected chi connectivity index (χ4v) is 5.01. The average molecular weight is 443 g/mol. The van der Waals surface area contributed by atoms with Crippen molar-refractivity contribution < 1.29 is 18.7 Å². The number of nitrogens with one attached hydrogen (secondary N) is 1. The summed E-state index contributed by atoms with van der Waals surface area (Å²) in [6.07, 6.45) is 14.3. The van der Waals surface area contributed by atoms with Gasteiger partial charge in [-0.1, -0.05) is 38.5 Å². The summed E-state index contributed by atoms with van der Waals surface area (Å²) in [5.41, 5.74) is -0.0302. The Morgan fingerprint density at radius 3 is 2.47 bits per heavy atom. The highest BCUT2D eigenvalue weighted by Gasteiger charge is 2.44. The minimum atomic E-state index is -1.52. The topological polar surface area (TPSA) is 99.2 Å². The van der Waals surface area contributed by atoms with Crippen molar-refractivity contribution in [2.24, 2.45) is 0 Å². The first-order chi connectivity index (χ1) is 15.5. The monoisotopic (exact) mass is 442 g/mol. The maximum atomic E-state index is 13.6. The number of oxazole rings is 1. The summed E-state index contributed by atoms with van der Waals surface area (Å²) in [7, 11) is 0. The summed E-state index contributed by atoms with van der Waals surface area (Å²) >= 11 is 0. The van der Waals surface area contributed by atoms with E-state index in [4.69, 9.17) is 14.3 Å². The Kier molecular flexibility index (Phi) is 6.96. The summed E-state index contributed by atoms with van der Waals surface area (Å²) in [4.78, 5) is 30.5. The number of hydrogen-bond donors (Lipinski definition) is 1. The summed E-state index contributed by atoms with van der Waals surface area (Å²) in [6.45, 7) is 3.49. The Morgan fingerprint density at radius 2 is 1.84 bits per heavy atom. The van der Waals surface area contributed by atoms with E-state index in [0.717, 1.165) is 44.2 Å². The second-order valence-electron chi connectivity index (χ2n) is 9.16. The van der Waals surface area contributed by atoms with Gasteiger partial charge in [0.05, 0.1) is 24.5 Å². The molecule has 0 spiro atoms. The van der Waals surface area contributed by atoms with Crippen molar-refractivity contribution in [2.75, 3.05) is 6.61 Å². The lowest BCUT2D eigenvalue weighted by Gasteiger charge is -2.27. The Labute approximate surface area is 189 Å². The van der Waals surface area contributed by atoms with Crippen LogP contribution in [0.4, 0.5) is 0 Å². The standard InChI is InChI=1S/C24H34N4O4/c1-3-31-23(30)24(2,22-25-14-15-32-22)26-21(29)20-16-19(17-10-6-4-7-11-17)27-28(20)18-12-8-5-9-13-18/h14-18H,3-13H2,1-2H3,(H,26,29). The molecule has 4 rings (SSSR count). The number of hydrogen-bond acceptors (Lipinski definition) is 6. The van der Waals surface area contributed by atoms with Crippen molar-refractivity contribution in [1.29, 1.82) is 0 Å². The molecule has 174 valence electrons. The lowest BCUT2D eigenvalue weighted by Crippen LogP contribution is -2.51. The van der Waals surface area contributed by atoms with Gasteiger partial charge in [-0.3, -0.25) is 9.48 Å². The molecule has 2 aromatic heterocycles. The third kappa shape index (κ3) is 4.59. The molecule has 8 nitrogen and oxygen atoms in total. The van der Waals surface area contributed by atoms with Crippen LogP contribution >= 0.6 is 0 Å². The molecule has 8 heteroatoms. The molecular weight excluding hydrogens is 408 g/mol. The molecule has 2 heterocycles. The molecule has 0 saturated heterocycles. The van der Waals surface area contributed by atoms with E-state index in [-0.39, 0.29) is 24.4 Å². The fourth-order valence-electron chi connectivity index (χ4n) is 5.01. The van der Waals surface area contributed by atoms with Gasteiger partial charge in [0.2, 0.25) is 11.4 Å². The van der Waals surface area contributed by atoms with Gasteiger partial charge in [0.25, 0.3) is 5.91 Å². The number of esters is 1. The van der Waals surface area contributed by atoms with Crippen molar-refractivity contribution in [3.05, 3.63) is 35.8 Å². The van der Waals surface area contributed by atoms with Crippen molar-refractivity contribution in [3.8, 4) is 0 Å². The van der Waals surface area contributed by atoms with E-state index in [1.807, 2.05) is 10.7 Å². The molecule has 2 aliphatic carbocycles. The van der Waals surface area contributed by atoms with Crippen LogP contribution in [0.2, 0.25) is 0 Å². The number of nitrogens with zero attached hydrogens (tertiary/aromatic N) is 3. The summed E-state index contributed by atoms with van der Waals surface area (Å²) in [6, 6.07) is 2.14. The van der Waals surface area contributed by atoms with Crippen molar-refractivity contribution in [2.45, 2.75) is 95.6 Å². The highest BCUT2D eigenvalue weighted by molar-refractivity contribution is 5.97. The minimum absolute atomic E-state index is 0.0977. The lowest BCUT2D eigenvalue weighted by atomic mass is 9.87. The van der Waals surface area contributed by atoms with Crippen LogP contribution in [-0.4, -0.2) is 33.2 Å². The molecule has 1 N–H and O–H groups in total. The zero-order valence-electron chi connectivity index (χ0n) is 19.1. The number of carbonyl (C=O) groups is 2. The molecule has 1 unspecified atom stereocenters. The van der Waals surface area contributed by atoms with Gasteiger partial charge in [0.1, 0.15) is 12.0 Å². The van der Waals surface area contributed by atoms with E-state index in [0.29, 0.717) is 11.6 Å². The molecule has 2 fully saturated rings. The maximum Gasteiger partial charge on any atom is 0.341 e. The maximum absolute atomic E-state index is 13.6. The molecule has 0 aliphatic heterocycles. The van der Waals surface area contributed by atoms with Crippen LogP contribution in [0.5, 0.6) is 0 Å². The number of amides is 1. The van der Waals surface area contributed by atoms with Crippen LogP contribution in [0, 0.1) is 0 Å². The largest absolute Gasteiger partial charge is 0.464 e. The van der Waals surface area contributed by atoms with E-state index < -0.39 is 11.5 Å². The minimum Gasteiger partial charge on any atom is -0.464 e. The molecule has 0 aromatic carbocycles. The first-order valence-corrected chi connectivity index (χ1v) is 12.0. The third-order valence-corrected chi connectivity index (χ3v) is 6.84. The molecule has 32 heavy (non-hydrogen) atoms. The van der Waals surface area contributed by atoms with Crippen LogP contribution < -0.4 is 5.32 Å². The summed E-state index contributed by atoms with van der Waals surface area (Å²) in [5, 5.41) is 7.82. The van der Waals surface area contributed by atoms with E-state index in [2.05, 4.69) is 10.3 Å². The number of aromatic nitrogens is 3. The normalized spacial score (nSPS) is 19.9. The van der Waals surface area contributed by atoms with Crippen LogP contribution in [0.25, 0.3) is 0 Å².